The Kier molecular flexibility index (Phi) is 7.55. The van der Waals surface area contributed by atoms with Crippen LogP contribution >= 0.6 is 0 Å². The molecule has 0 saturated carbocycles. The second-order valence-corrected chi connectivity index (χ2v) is 7.32. The number of amides is 1. The molecule has 13 heteroatoms. The van der Waals surface area contributed by atoms with Crippen LogP contribution in [0.15, 0.2) is 5.16 Å². The molecule has 2 unspecified atom stereocenters. The van der Waals surface area contributed by atoms with Crippen LogP contribution in [-0.2, 0) is 19.2 Å². The zero-order valence-electron chi connectivity index (χ0n) is 16.0. The van der Waals surface area contributed by atoms with Crippen LogP contribution < -0.4 is 5.32 Å². The van der Waals surface area contributed by atoms with E-state index in [-0.39, 0.29) is 12.5 Å². The van der Waals surface area contributed by atoms with Gasteiger partial charge in [-0.25, -0.2) is 4.79 Å². The number of hydrogen-bond acceptors (Lipinski definition) is 6. The van der Waals surface area contributed by atoms with E-state index in [0.717, 1.165) is 0 Å². The lowest BCUT2D eigenvalue weighted by atomic mass is 9.91. The minimum atomic E-state index is -6.13. The first-order valence-corrected chi connectivity index (χ1v) is 8.58. The monoisotopic (exact) mass is 436 g/mol. The zero-order chi connectivity index (χ0) is 22.8. The van der Waals surface area contributed by atoms with Crippen LogP contribution in [0.25, 0.3) is 0 Å². The van der Waals surface area contributed by atoms with Gasteiger partial charge in [0.25, 0.3) is 11.5 Å². The molecule has 0 fully saturated rings. The molecular weight excluding hydrogens is 414 g/mol. The highest BCUT2D eigenvalue weighted by molar-refractivity contribution is 6.39. The highest BCUT2D eigenvalue weighted by atomic mass is 19.4. The number of aliphatic hydroxyl groups is 1. The molecule has 29 heavy (non-hydrogen) atoms. The van der Waals surface area contributed by atoms with Gasteiger partial charge in [-0.2, -0.15) is 26.3 Å². The van der Waals surface area contributed by atoms with Gasteiger partial charge >= 0.3 is 18.3 Å². The number of ether oxygens (including phenoxy) is 1. The SMILES string of the molecule is CC(C)COC(=O)C(NC(=O)C1=NOC(C(O)(C(F)(F)F)C(F)(F)F)C1)C(C)C. The maximum Gasteiger partial charge on any atom is 0.430 e. The molecule has 0 aromatic rings. The lowest BCUT2D eigenvalue weighted by Gasteiger charge is -2.35. The van der Waals surface area contributed by atoms with Crippen molar-refractivity contribution in [3.8, 4) is 0 Å². The van der Waals surface area contributed by atoms with Crippen molar-refractivity contribution in [2.24, 2.45) is 17.0 Å². The Hall–Kier alpha value is -2.05. The molecule has 1 aliphatic heterocycles. The van der Waals surface area contributed by atoms with Crippen molar-refractivity contribution in [1.82, 2.24) is 5.32 Å². The first kappa shape index (κ1) is 25.0. The number of rotatable bonds is 7. The fourth-order valence-corrected chi connectivity index (χ4v) is 2.32. The average Bonchev–Trinajstić information content (AvgIpc) is 3.04. The summed E-state index contributed by atoms with van der Waals surface area (Å²) in [6.45, 7) is 6.67. The van der Waals surface area contributed by atoms with E-state index >= 15 is 0 Å². The summed E-state index contributed by atoms with van der Waals surface area (Å²) in [4.78, 5) is 28.4. The molecule has 1 aliphatic rings. The molecule has 0 radical (unpaired) electrons. The summed E-state index contributed by atoms with van der Waals surface area (Å²) >= 11 is 0. The Morgan fingerprint density at radius 3 is 2.10 bits per heavy atom. The van der Waals surface area contributed by atoms with Crippen LogP contribution in [0.2, 0.25) is 0 Å². The Morgan fingerprint density at radius 2 is 1.69 bits per heavy atom. The zero-order valence-corrected chi connectivity index (χ0v) is 16.0. The molecule has 0 aromatic heterocycles. The highest BCUT2D eigenvalue weighted by Gasteiger charge is 2.76. The van der Waals surface area contributed by atoms with E-state index in [9.17, 15) is 41.0 Å². The largest absolute Gasteiger partial charge is 0.464 e. The maximum atomic E-state index is 12.9. The number of nitrogens with one attached hydrogen (secondary N) is 1. The number of oxime groups is 1. The molecule has 0 bridgehead atoms. The number of hydrogen-bond donors (Lipinski definition) is 2. The van der Waals surface area contributed by atoms with Crippen molar-refractivity contribution in [3.05, 3.63) is 0 Å². The Balaban J connectivity index is 2.91. The average molecular weight is 436 g/mol. The Morgan fingerprint density at radius 1 is 1.17 bits per heavy atom. The van der Waals surface area contributed by atoms with Crippen LogP contribution in [0, 0.1) is 11.8 Å². The fourth-order valence-electron chi connectivity index (χ4n) is 2.32. The number of carbonyl (C=O) groups excluding carboxylic acids is 2. The number of halogens is 6. The van der Waals surface area contributed by atoms with E-state index in [0.29, 0.717) is 0 Å². The molecule has 2 N–H and O–H groups in total. The standard InChI is InChI=1S/C16H22F6N2O5/c1-7(2)6-28-13(26)11(8(3)4)23-12(25)9-5-10(29-24-9)14(27,15(17,18)19)16(20,21)22/h7-8,10-11,27H,5-6H2,1-4H3,(H,23,25). The third-order valence-electron chi connectivity index (χ3n) is 4.03. The van der Waals surface area contributed by atoms with Gasteiger partial charge in [-0.15, -0.1) is 0 Å². The normalized spacial score (nSPS) is 19.1. The summed E-state index contributed by atoms with van der Waals surface area (Å²) in [6.07, 6.45) is -16.4. The first-order chi connectivity index (χ1) is 13.0. The maximum absolute atomic E-state index is 12.9. The van der Waals surface area contributed by atoms with Crippen molar-refractivity contribution in [1.29, 1.82) is 0 Å². The van der Waals surface area contributed by atoms with Crippen molar-refractivity contribution in [2.75, 3.05) is 6.61 Å². The van der Waals surface area contributed by atoms with Crippen molar-refractivity contribution in [3.63, 3.8) is 0 Å². The molecule has 0 saturated heterocycles. The van der Waals surface area contributed by atoms with Crippen molar-refractivity contribution in [2.45, 2.75) is 64.2 Å². The number of carbonyl (C=O) groups is 2. The van der Waals surface area contributed by atoms with E-state index in [1.54, 1.807) is 27.7 Å². The summed E-state index contributed by atoms with van der Waals surface area (Å²) < 4.78 is 82.3. The van der Waals surface area contributed by atoms with E-state index < -0.39 is 60.0 Å². The topological polar surface area (TPSA) is 97.2 Å². The second-order valence-electron chi connectivity index (χ2n) is 7.32. The van der Waals surface area contributed by atoms with Gasteiger partial charge in [0.15, 0.2) is 6.10 Å². The second kappa shape index (κ2) is 8.76. The predicted octanol–water partition coefficient (Wildman–Crippen LogP) is 2.33. The third kappa shape index (κ3) is 5.52. The Bertz CT molecular complexity index is 631. The quantitative estimate of drug-likeness (QED) is 0.472. The van der Waals surface area contributed by atoms with Gasteiger partial charge in [-0.3, -0.25) is 4.79 Å². The van der Waals surface area contributed by atoms with Gasteiger partial charge in [0.05, 0.1) is 6.61 Å². The van der Waals surface area contributed by atoms with Gasteiger partial charge in [0.1, 0.15) is 11.8 Å². The third-order valence-corrected chi connectivity index (χ3v) is 4.03. The molecule has 168 valence electrons. The summed E-state index contributed by atoms with van der Waals surface area (Å²) in [6, 6.07) is -1.22. The minimum absolute atomic E-state index is 0.00163. The molecule has 1 rings (SSSR count). The molecule has 0 aliphatic carbocycles. The molecule has 0 aromatic carbocycles. The minimum Gasteiger partial charge on any atom is -0.464 e. The number of nitrogens with zero attached hydrogens (tertiary/aromatic N) is 1. The van der Waals surface area contributed by atoms with Crippen LogP contribution in [0.3, 0.4) is 0 Å². The smallest absolute Gasteiger partial charge is 0.430 e. The molecule has 2 atom stereocenters. The van der Waals surface area contributed by atoms with Crippen LogP contribution in [0.5, 0.6) is 0 Å². The van der Waals surface area contributed by atoms with Gasteiger partial charge in [-0.05, 0) is 11.8 Å². The summed E-state index contributed by atoms with van der Waals surface area (Å²) in [5.41, 5.74) is -6.05. The molecule has 1 heterocycles. The number of esters is 1. The summed E-state index contributed by atoms with van der Waals surface area (Å²) in [5.74, 6) is -2.53. The molecular formula is C16H22F6N2O5. The van der Waals surface area contributed by atoms with Crippen LogP contribution in [0.1, 0.15) is 34.1 Å². The van der Waals surface area contributed by atoms with Gasteiger partial charge < -0.3 is 20.0 Å². The number of alkyl halides is 6. The summed E-state index contributed by atoms with van der Waals surface area (Å²) in [5, 5.41) is 14.4. The highest BCUT2D eigenvalue weighted by Crippen LogP contribution is 2.48. The molecule has 7 nitrogen and oxygen atoms in total. The molecule has 1 amide bonds. The van der Waals surface area contributed by atoms with E-state index in [2.05, 4.69) is 15.3 Å². The lowest BCUT2D eigenvalue weighted by Crippen LogP contribution is -2.64. The van der Waals surface area contributed by atoms with Crippen molar-refractivity contribution < 1.29 is 50.6 Å². The van der Waals surface area contributed by atoms with E-state index in [1.165, 1.54) is 0 Å². The Labute approximate surface area is 162 Å². The van der Waals surface area contributed by atoms with Crippen molar-refractivity contribution >= 4 is 17.6 Å². The van der Waals surface area contributed by atoms with Gasteiger partial charge in [-0.1, -0.05) is 32.9 Å². The summed E-state index contributed by atoms with van der Waals surface area (Å²) in [7, 11) is 0. The lowest BCUT2D eigenvalue weighted by molar-refractivity contribution is -0.392. The van der Waals surface area contributed by atoms with Gasteiger partial charge in [0.2, 0.25) is 0 Å². The van der Waals surface area contributed by atoms with E-state index in [4.69, 9.17) is 4.74 Å². The predicted molar refractivity (Wildman–Crippen MR) is 86.6 cm³/mol. The van der Waals surface area contributed by atoms with Crippen LogP contribution in [-0.4, -0.2) is 59.4 Å². The first-order valence-electron chi connectivity index (χ1n) is 8.58. The fraction of sp³-hybridized carbons (Fsp3) is 0.812. The molecule has 0 spiro atoms. The van der Waals surface area contributed by atoms with Crippen LogP contribution in [0.4, 0.5) is 26.3 Å². The van der Waals surface area contributed by atoms with E-state index in [1.807, 2.05) is 0 Å². The van der Waals surface area contributed by atoms with Gasteiger partial charge in [0, 0.05) is 6.42 Å².